The van der Waals surface area contributed by atoms with Crippen LogP contribution in [-0.2, 0) is 4.79 Å². The van der Waals surface area contributed by atoms with Crippen molar-refractivity contribution in [3.05, 3.63) is 58.9 Å². The second-order valence-corrected chi connectivity index (χ2v) is 5.26. The first kappa shape index (κ1) is 17.0. The number of nitrogens with one attached hydrogen (secondary N) is 1. The number of anilines is 1. The maximum Gasteiger partial charge on any atom is 0.224 e. The fourth-order valence-corrected chi connectivity index (χ4v) is 2.19. The molecule has 0 aliphatic heterocycles. The van der Waals surface area contributed by atoms with Crippen molar-refractivity contribution < 1.29 is 18.7 Å². The van der Waals surface area contributed by atoms with E-state index in [-0.39, 0.29) is 30.3 Å². The first-order chi connectivity index (χ1) is 11.0. The van der Waals surface area contributed by atoms with Gasteiger partial charge in [0.1, 0.15) is 11.6 Å². The van der Waals surface area contributed by atoms with Crippen LogP contribution < -0.4 is 10.1 Å². The molecule has 0 aliphatic rings. The number of amides is 1. The Bertz CT molecular complexity index is 716. The molecule has 0 saturated heterocycles. The van der Waals surface area contributed by atoms with Crippen LogP contribution in [0, 0.1) is 5.82 Å². The Morgan fingerprint density at radius 2 is 1.83 bits per heavy atom. The van der Waals surface area contributed by atoms with Crippen LogP contribution in [0.15, 0.2) is 42.5 Å². The molecule has 0 saturated carbocycles. The molecule has 0 bridgehead atoms. The van der Waals surface area contributed by atoms with E-state index in [0.717, 1.165) is 0 Å². The minimum Gasteiger partial charge on any atom is -0.496 e. The molecular formula is C17H15ClFNO3. The summed E-state index contributed by atoms with van der Waals surface area (Å²) in [5.74, 6) is -0.533. The van der Waals surface area contributed by atoms with Crippen molar-refractivity contribution in [2.24, 2.45) is 0 Å². The maximum absolute atomic E-state index is 12.8. The number of hydrogen-bond acceptors (Lipinski definition) is 3. The van der Waals surface area contributed by atoms with Crippen LogP contribution in [0.25, 0.3) is 0 Å². The number of carbonyl (C=O) groups is 2. The molecule has 0 atom stereocenters. The van der Waals surface area contributed by atoms with Gasteiger partial charge in [0.15, 0.2) is 5.78 Å². The second kappa shape index (κ2) is 7.74. The Balaban J connectivity index is 1.95. The predicted octanol–water partition coefficient (Wildman–Crippen LogP) is 4.09. The molecule has 0 spiro atoms. The lowest BCUT2D eigenvalue weighted by molar-refractivity contribution is -0.116. The predicted molar refractivity (Wildman–Crippen MR) is 86.6 cm³/mol. The molecule has 0 fully saturated rings. The smallest absolute Gasteiger partial charge is 0.224 e. The lowest BCUT2D eigenvalue weighted by atomic mass is 10.1. The Morgan fingerprint density at radius 1 is 1.13 bits per heavy atom. The van der Waals surface area contributed by atoms with Gasteiger partial charge in [-0.05, 0) is 42.5 Å². The first-order valence-corrected chi connectivity index (χ1v) is 7.29. The molecule has 2 aromatic carbocycles. The zero-order chi connectivity index (χ0) is 16.8. The zero-order valence-electron chi connectivity index (χ0n) is 12.4. The Labute approximate surface area is 138 Å². The topological polar surface area (TPSA) is 55.4 Å². The van der Waals surface area contributed by atoms with Gasteiger partial charge in [-0.3, -0.25) is 9.59 Å². The summed E-state index contributed by atoms with van der Waals surface area (Å²) in [5.41, 5.74) is 0.818. The number of Topliss-reactive ketones (excluding diaryl/α,β-unsaturated/α-hetero) is 1. The molecule has 6 heteroatoms. The third kappa shape index (κ3) is 4.79. The molecule has 0 radical (unpaired) electrons. The Kier molecular flexibility index (Phi) is 5.71. The summed E-state index contributed by atoms with van der Waals surface area (Å²) >= 11 is 5.88. The SMILES string of the molecule is COc1ccc(Cl)cc1C(=O)CCC(=O)Nc1ccc(F)cc1. The van der Waals surface area contributed by atoms with Crippen molar-refractivity contribution in [2.75, 3.05) is 12.4 Å². The molecule has 120 valence electrons. The highest BCUT2D eigenvalue weighted by Gasteiger charge is 2.14. The van der Waals surface area contributed by atoms with E-state index < -0.39 is 0 Å². The highest BCUT2D eigenvalue weighted by Crippen LogP contribution is 2.24. The van der Waals surface area contributed by atoms with Crippen LogP contribution >= 0.6 is 11.6 Å². The van der Waals surface area contributed by atoms with Gasteiger partial charge in [0.2, 0.25) is 5.91 Å². The highest BCUT2D eigenvalue weighted by atomic mass is 35.5. The number of rotatable bonds is 6. The van der Waals surface area contributed by atoms with E-state index in [1.807, 2.05) is 0 Å². The number of carbonyl (C=O) groups excluding carboxylic acids is 2. The molecular weight excluding hydrogens is 321 g/mol. The quantitative estimate of drug-likeness (QED) is 0.809. The molecule has 0 unspecified atom stereocenters. The zero-order valence-corrected chi connectivity index (χ0v) is 13.2. The highest BCUT2D eigenvalue weighted by molar-refractivity contribution is 6.31. The fourth-order valence-electron chi connectivity index (χ4n) is 2.02. The third-order valence-corrected chi connectivity index (χ3v) is 3.40. The standard InChI is InChI=1S/C17H15ClFNO3/c1-23-16-8-2-11(18)10-14(16)15(21)7-9-17(22)20-13-5-3-12(19)4-6-13/h2-6,8,10H,7,9H2,1H3,(H,20,22). The molecule has 0 heterocycles. The van der Waals surface area contributed by atoms with Crippen molar-refractivity contribution in [3.63, 3.8) is 0 Å². The number of ketones is 1. The van der Waals surface area contributed by atoms with E-state index >= 15 is 0 Å². The van der Waals surface area contributed by atoms with Gasteiger partial charge in [0, 0.05) is 23.6 Å². The van der Waals surface area contributed by atoms with Crippen molar-refractivity contribution in [1.82, 2.24) is 0 Å². The monoisotopic (exact) mass is 335 g/mol. The summed E-state index contributed by atoms with van der Waals surface area (Å²) in [6.45, 7) is 0. The van der Waals surface area contributed by atoms with Gasteiger partial charge in [-0.2, -0.15) is 0 Å². The minimum absolute atomic E-state index is 0.00583. The molecule has 0 aliphatic carbocycles. The first-order valence-electron chi connectivity index (χ1n) is 6.92. The lowest BCUT2D eigenvalue weighted by Crippen LogP contribution is -2.13. The summed E-state index contributed by atoms with van der Waals surface area (Å²) in [6.07, 6.45) is 0.0234. The molecule has 1 amide bonds. The van der Waals surface area contributed by atoms with Crippen LogP contribution in [0.5, 0.6) is 5.75 Å². The third-order valence-electron chi connectivity index (χ3n) is 3.17. The number of ether oxygens (including phenoxy) is 1. The van der Waals surface area contributed by atoms with Gasteiger partial charge in [0.25, 0.3) is 0 Å². The van der Waals surface area contributed by atoms with Crippen LogP contribution in [0.4, 0.5) is 10.1 Å². The van der Waals surface area contributed by atoms with E-state index in [4.69, 9.17) is 16.3 Å². The van der Waals surface area contributed by atoms with E-state index in [2.05, 4.69) is 5.32 Å². The molecule has 0 aromatic heterocycles. The molecule has 2 rings (SSSR count). The van der Waals surface area contributed by atoms with Crippen molar-refractivity contribution in [1.29, 1.82) is 0 Å². The van der Waals surface area contributed by atoms with E-state index in [0.29, 0.717) is 22.0 Å². The Morgan fingerprint density at radius 3 is 2.48 bits per heavy atom. The van der Waals surface area contributed by atoms with Gasteiger partial charge in [0.05, 0.1) is 12.7 Å². The minimum atomic E-state index is -0.383. The second-order valence-electron chi connectivity index (χ2n) is 4.82. The fraction of sp³-hybridized carbons (Fsp3) is 0.176. The molecule has 23 heavy (non-hydrogen) atoms. The normalized spacial score (nSPS) is 10.2. The van der Waals surface area contributed by atoms with Crippen LogP contribution in [0.1, 0.15) is 23.2 Å². The van der Waals surface area contributed by atoms with Crippen LogP contribution in [-0.4, -0.2) is 18.8 Å². The Hall–Kier alpha value is -2.40. The number of methoxy groups -OCH3 is 1. The van der Waals surface area contributed by atoms with Gasteiger partial charge in [-0.25, -0.2) is 4.39 Å². The van der Waals surface area contributed by atoms with E-state index in [9.17, 15) is 14.0 Å². The molecule has 1 N–H and O–H groups in total. The van der Waals surface area contributed by atoms with Gasteiger partial charge < -0.3 is 10.1 Å². The van der Waals surface area contributed by atoms with Crippen molar-refractivity contribution >= 4 is 29.0 Å². The number of benzene rings is 2. The average Bonchev–Trinajstić information content (AvgIpc) is 2.54. The molecule has 2 aromatic rings. The van der Waals surface area contributed by atoms with Crippen LogP contribution in [0.3, 0.4) is 0 Å². The van der Waals surface area contributed by atoms with E-state index in [1.54, 1.807) is 12.1 Å². The van der Waals surface area contributed by atoms with Crippen molar-refractivity contribution in [3.8, 4) is 5.75 Å². The molecule has 4 nitrogen and oxygen atoms in total. The lowest BCUT2D eigenvalue weighted by Gasteiger charge is -2.08. The maximum atomic E-state index is 12.8. The largest absolute Gasteiger partial charge is 0.496 e. The van der Waals surface area contributed by atoms with Crippen molar-refractivity contribution in [2.45, 2.75) is 12.8 Å². The summed E-state index contributed by atoms with van der Waals surface area (Å²) in [6, 6.07) is 10.1. The number of hydrogen-bond donors (Lipinski definition) is 1. The number of halogens is 2. The van der Waals surface area contributed by atoms with Gasteiger partial charge >= 0.3 is 0 Å². The summed E-state index contributed by atoms with van der Waals surface area (Å²) in [5, 5.41) is 3.02. The van der Waals surface area contributed by atoms with E-state index in [1.165, 1.54) is 37.4 Å². The summed E-state index contributed by atoms with van der Waals surface area (Å²) < 4.78 is 17.9. The summed E-state index contributed by atoms with van der Waals surface area (Å²) in [4.78, 5) is 24.1. The van der Waals surface area contributed by atoms with Gasteiger partial charge in [-0.15, -0.1) is 0 Å². The summed E-state index contributed by atoms with van der Waals surface area (Å²) in [7, 11) is 1.46. The van der Waals surface area contributed by atoms with Crippen LogP contribution in [0.2, 0.25) is 5.02 Å². The van der Waals surface area contributed by atoms with Gasteiger partial charge in [-0.1, -0.05) is 11.6 Å². The average molecular weight is 336 g/mol.